The van der Waals surface area contributed by atoms with E-state index in [0.717, 1.165) is 6.42 Å². The Labute approximate surface area is 106 Å². The zero-order valence-electron chi connectivity index (χ0n) is 10.5. The number of hydrogen-bond donors (Lipinski definition) is 1. The number of hydrogen-bond acceptors (Lipinski definition) is 3. The summed E-state index contributed by atoms with van der Waals surface area (Å²) in [5.74, 6) is -0.992. The molecule has 100 valence electrons. The van der Waals surface area contributed by atoms with Gasteiger partial charge in [0, 0.05) is 26.1 Å². The van der Waals surface area contributed by atoms with E-state index in [1.807, 2.05) is 0 Å². The van der Waals surface area contributed by atoms with Crippen LogP contribution < -0.4 is 0 Å². The first-order valence-electron chi connectivity index (χ1n) is 6.21. The second kappa shape index (κ2) is 4.59. The Kier molecular flexibility index (Phi) is 3.28. The van der Waals surface area contributed by atoms with E-state index in [9.17, 15) is 14.4 Å². The van der Waals surface area contributed by atoms with Crippen molar-refractivity contribution < 1.29 is 19.5 Å². The lowest BCUT2D eigenvalue weighted by atomic mass is 9.90. The van der Waals surface area contributed by atoms with Crippen LogP contribution in [0.1, 0.15) is 26.2 Å². The summed E-state index contributed by atoms with van der Waals surface area (Å²) in [6.45, 7) is 3.08. The number of rotatable bonds is 3. The van der Waals surface area contributed by atoms with Gasteiger partial charge in [0.05, 0.1) is 12.0 Å². The summed E-state index contributed by atoms with van der Waals surface area (Å²) in [7, 11) is 0. The van der Waals surface area contributed by atoms with E-state index < -0.39 is 11.4 Å². The van der Waals surface area contributed by atoms with Crippen molar-refractivity contribution >= 4 is 17.8 Å². The maximum atomic E-state index is 12.0. The summed E-state index contributed by atoms with van der Waals surface area (Å²) < 4.78 is 0. The van der Waals surface area contributed by atoms with Gasteiger partial charge in [-0.15, -0.1) is 0 Å². The van der Waals surface area contributed by atoms with Crippen molar-refractivity contribution in [2.24, 2.45) is 5.41 Å². The van der Waals surface area contributed by atoms with Crippen molar-refractivity contribution in [2.45, 2.75) is 26.2 Å². The molecule has 1 unspecified atom stereocenters. The number of likely N-dealkylation sites (tertiary alicyclic amines) is 2. The molecule has 18 heavy (non-hydrogen) atoms. The van der Waals surface area contributed by atoms with E-state index in [0.29, 0.717) is 25.9 Å². The third-order valence-electron chi connectivity index (χ3n) is 3.84. The van der Waals surface area contributed by atoms with Crippen LogP contribution in [0.15, 0.2) is 0 Å². The topological polar surface area (TPSA) is 77.9 Å². The molecule has 1 atom stereocenters. The van der Waals surface area contributed by atoms with Gasteiger partial charge in [0.15, 0.2) is 0 Å². The van der Waals surface area contributed by atoms with Gasteiger partial charge in [-0.2, -0.15) is 0 Å². The molecule has 6 heteroatoms. The summed E-state index contributed by atoms with van der Waals surface area (Å²) in [6.07, 6.45) is 1.79. The van der Waals surface area contributed by atoms with Crippen LogP contribution >= 0.6 is 0 Å². The van der Waals surface area contributed by atoms with Crippen molar-refractivity contribution in [3.8, 4) is 0 Å². The zero-order chi connectivity index (χ0) is 13.3. The van der Waals surface area contributed by atoms with Crippen molar-refractivity contribution in [1.29, 1.82) is 0 Å². The fourth-order valence-electron chi connectivity index (χ4n) is 2.48. The van der Waals surface area contributed by atoms with E-state index in [1.54, 1.807) is 16.7 Å². The maximum absolute atomic E-state index is 12.0. The molecule has 0 aromatic carbocycles. The van der Waals surface area contributed by atoms with Crippen LogP contribution in [-0.2, 0) is 14.4 Å². The number of carbonyl (C=O) groups is 3. The molecular formula is C12H18N2O4. The SMILES string of the molecule is CC1(C(=O)O)CCN(C(=O)CN2CCCC2=O)C1. The predicted molar refractivity (Wildman–Crippen MR) is 62.8 cm³/mol. The minimum atomic E-state index is -0.866. The molecule has 6 nitrogen and oxygen atoms in total. The Balaban J connectivity index is 1.91. The lowest BCUT2D eigenvalue weighted by Crippen LogP contribution is -2.41. The summed E-state index contributed by atoms with van der Waals surface area (Å²) in [6, 6.07) is 0. The lowest BCUT2D eigenvalue weighted by molar-refractivity contribution is -0.147. The molecular weight excluding hydrogens is 236 g/mol. The molecule has 2 fully saturated rings. The number of amides is 2. The third-order valence-corrected chi connectivity index (χ3v) is 3.84. The molecule has 2 aliphatic heterocycles. The van der Waals surface area contributed by atoms with Crippen molar-refractivity contribution in [3.05, 3.63) is 0 Å². The third kappa shape index (κ3) is 2.32. The molecule has 2 heterocycles. The van der Waals surface area contributed by atoms with Crippen LogP contribution in [0.4, 0.5) is 0 Å². The Bertz CT molecular complexity index is 396. The Morgan fingerprint density at radius 2 is 2.11 bits per heavy atom. The molecule has 0 radical (unpaired) electrons. The highest BCUT2D eigenvalue weighted by molar-refractivity contribution is 5.86. The first-order chi connectivity index (χ1) is 8.42. The van der Waals surface area contributed by atoms with E-state index in [1.165, 1.54) is 0 Å². The van der Waals surface area contributed by atoms with Gasteiger partial charge in [-0.1, -0.05) is 0 Å². The van der Waals surface area contributed by atoms with E-state index >= 15 is 0 Å². The average Bonchev–Trinajstić information content (AvgIpc) is 2.87. The highest BCUT2D eigenvalue weighted by atomic mass is 16.4. The van der Waals surface area contributed by atoms with Gasteiger partial charge in [0.2, 0.25) is 11.8 Å². The molecule has 0 saturated carbocycles. The highest BCUT2D eigenvalue weighted by Crippen LogP contribution is 2.30. The number of carboxylic acids is 1. The zero-order valence-corrected chi connectivity index (χ0v) is 10.5. The summed E-state index contributed by atoms with van der Waals surface area (Å²) in [5.41, 5.74) is -0.843. The van der Waals surface area contributed by atoms with Crippen LogP contribution in [0.3, 0.4) is 0 Å². The minimum Gasteiger partial charge on any atom is -0.481 e. The van der Waals surface area contributed by atoms with Gasteiger partial charge in [-0.3, -0.25) is 14.4 Å². The molecule has 0 bridgehead atoms. The second-order valence-corrected chi connectivity index (χ2v) is 5.35. The highest BCUT2D eigenvalue weighted by Gasteiger charge is 2.42. The molecule has 0 spiro atoms. The predicted octanol–water partition coefficient (Wildman–Crippen LogP) is -0.0680. The van der Waals surface area contributed by atoms with Gasteiger partial charge in [0.1, 0.15) is 0 Å². The average molecular weight is 254 g/mol. The van der Waals surface area contributed by atoms with Crippen molar-refractivity contribution in [3.63, 3.8) is 0 Å². The molecule has 0 aromatic heterocycles. The fourth-order valence-corrected chi connectivity index (χ4v) is 2.48. The summed E-state index contributed by atoms with van der Waals surface area (Å²) >= 11 is 0. The summed E-state index contributed by atoms with van der Waals surface area (Å²) in [5, 5.41) is 9.10. The van der Waals surface area contributed by atoms with Crippen molar-refractivity contribution in [1.82, 2.24) is 9.80 Å². The van der Waals surface area contributed by atoms with E-state index in [2.05, 4.69) is 0 Å². The van der Waals surface area contributed by atoms with Crippen LogP contribution in [0.2, 0.25) is 0 Å². The molecule has 0 aromatic rings. The lowest BCUT2D eigenvalue weighted by Gasteiger charge is -2.22. The molecule has 0 aliphatic carbocycles. The molecule has 1 N–H and O–H groups in total. The van der Waals surface area contributed by atoms with Gasteiger partial charge in [-0.25, -0.2) is 0 Å². The quantitative estimate of drug-likeness (QED) is 0.765. The Hall–Kier alpha value is -1.59. The van der Waals surface area contributed by atoms with Gasteiger partial charge in [-0.05, 0) is 19.8 Å². The Morgan fingerprint density at radius 3 is 2.61 bits per heavy atom. The van der Waals surface area contributed by atoms with Gasteiger partial charge < -0.3 is 14.9 Å². The Morgan fingerprint density at radius 1 is 1.39 bits per heavy atom. The molecule has 2 aliphatic rings. The summed E-state index contributed by atoms with van der Waals surface area (Å²) in [4.78, 5) is 37.6. The molecule has 2 amide bonds. The minimum absolute atomic E-state index is 0.0172. The fraction of sp³-hybridized carbons (Fsp3) is 0.750. The largest absolute Gasteiger partial charge is 0.481 e. The monoisotopic (exact) mass is 254 g/mol. The van der Waals surface area contributed by atoms with E-state index in [-0.39, 0.29) is 24.9 Å². The van der Waals surface area contributed by atoms with Crippen LogP contribution in [-0.4, -0.2) is 58.9 Å². The number of aliphatic carboxylic acids is 1. The van der Waals surface area contributed by atoms with Crippen LogP contribution in [0, 0.1) is 5.41 Å². The first-order valence-corrected chi connectivity index (χ1v) is 6.21. The standard InChI is InChI=1S/C12H18N2O4/c1-12(11(17)18)4-6-14(8-12)10(16)7-13-5-2-3-9(13)15/h2-8H2,1H3,(H,17,18). The first kappa shape index (κ1) is 12.9. The second-order valence-electron chi connectivity index (χ2n) is 5.35. The molecule has 2 rings (SSSR count). The van der Waals surface area contributed by atoms with Gasteiger partial charge >= 0.3 is 5.97 Å². The normalized spacial score (nSPS) is 27.9. The van der Waals surface area contributed by atoms with Gasteiger partial charge in [0.25, 0.3) is 0 Å². The number of nitrogens with zero attached hydrogens (tertiary/aromatic N) is 2. The van der Waals surface area contributed by atoms with Crippen LogP contribution in [0.5, 0.6) is 0 Å². The maximum Gasteiger partial charge on any atom is 0.311 e. The number of carboxylic acid groups (broad SMARTS) is 1. The smallest absolute Gasteiger partial charge is 0.311 e. The van der Waals surface area contributed by atoms with Crippen LogP contribution in [0.25, 0.3) is 0 Å². The number of carbonyl (C=O) groups excluding carboxylic acids is 2. The van der Waals surface area contributed by atoms with E-state index in [4.69, 9.17) is 5.11 Å². The van der Waals surface area contributed by atoms with Crippen molar-refractivity contribution in [2.75, 3.05) is 26.2 Å². The molecule has 2 saturated heterocycles.